The third-order valence-electron chi connectivity index (χ3n) is 14.2. The van der Waals surface area contributed by atoms with E-state index in [4.69, 9.17) is 22.6 Å². The van der Waals surface area contributed by atoms with Gasteiger partial charge in [0.15, 0.2) is 0 Å². The van der Waals surface area contributed by atoms with Crippen LogP contribution < -0.4 is 45.5 Å². The molecule has 0 N–H and O–H groups in total. The van der Waals surface area contributed by atoms with E-state index in [0.29, 0.717) is 44.0 Å². The number of benzene rings is 11. The Morgan fingerprint density at radius 1 is 0.256 bits per heavy atom. The van der Waals surface area contributed by atoms with E-state index in [-0.39, 0.29) is 17.6 Å². The minimum atomic E-state index is -5.50. The molecule has 5 nitrogen and oxygen atoms in total. The van der Waals surface area contributed by atoms with Crippen molar-refractivity contribution in [3.8, 4) is 39.5 Å². The van der Waals surface area contributed by atoms with E-state index in [1.807, 2.05) is 194 Å². The van der Waals surface area contributed by atoms with Crippen LogP contribution in [0.1, 0.15) is 11.1 Å². The second kappa shape index (κ2) is 22.6. The van der Waals surface area contributed by atoms with Crippen molar-refractivity contribution in [1.82, 2.24) is 0 Å². The number of alkyl halides is 6. The Morgan fingerprint density at radius 3 is 0.732 bits per heavy atom. The van der Waals surface area contributed by atoms with E-state index < -0.39 is 50.7 Å². The van der Waals surface area contributed by atoms with Crippen LogP contribution in [-0.4, -0.2) is 7.32 Å². The molecule has 0 heterocycles. The summed E-state index contributed by atoms with van der Waals surface area (Å²) in [5.41, 5.74) is 0.340. The van der Waals surface area contributed by atoms with Gasteiger partial charge in [-0.1, -0.05) is 0 Å². The molecule has 0 aliphatic carbocycles. The van der Waals surface area contributed by atoms with E-state index in [1.54, 1.807) is 97.1 Å². The molecule has 0 radical (unpaired) electrons. The van der Waals surface area contributed by atoms with Crippen molar-refractivity contribution >= 4 is 53.3 Å². The number of rotatable bonds is 18. The fourth-order valence-electron chi connectivity index (χ4n) is 10.4. The Bertz CT molecular complexity index is 3430. The Hall–Kier alpha value is -8.76. The van der Waals surface area contributed by atoms with Crippen molar-refractivity contribution in [2.75, 3.05) is 0 Å². The van der Waals surface area contributed by atoms with Crippen LogP contribution in [0.15, 0.2) is 309 Å². The maximum absolute atomic E-state index is 15.1. The third kappa shape index (κ3) is 10.5. The van der Waals surface area contributed by atoms with E-state index in [9.17, 15) is 0 Å². The molecule has 0 saturated heterocycles. The molecule has 0 aliphatic rings. The van der Waals surface area contributed by atoms with Gasteiger partial charge >= 0.3 is 475 Å². The molecule has 408 valence electrons. The van der Waals surface area contributed by atoms with Crippen LogP contribution in [0.5, 0.6) is 17.2 Å². The van der Waals surface area contributed by atoms with Gasteiger partial charge in [-0.15, -0.1) is 0 Å². The molecule has 0 fully saturated rings. The van der Waals surface area contributed by atoms with Crippen LogP contribution in [0, 0.1) is 0 Å². The number of hydrogen-bond donors (Lipinski definition) is 0. The van der Waals surface area contributed by atoms with Gasteiger partial charge in [-0.25, -0.2) is 0 Å². The molecule has 0 unspecified atom stereocenters. The van der Waals surface area contributed by atoms with Crippen LogP contribution in [0.4, 0.5) is 26.3 Å². The molecule has 14 heteroatoms. The van der Waals surface area contributed by atoms with Crippen molar-refractivity contribution < 1.29 is 48.9 Å². The number of halogens is 6. The van der Waals surface area contributed by atoms with Crippen LogP contribution in [0.2, 0.25) is 0 Å². The molecule has 82 heavy (non-hydrogen) atoms. The summed E-state index contributed by atoms with van der Waals surface area (Å²) in [5.74, 6) is -0.317. The van der Waals surface area contributed by atoms with Gasteiger partial charge in [-0.2, -0.15) is 0 Å². The normalized spacial score (nSPS) is 12.9. The molecule has 11 rings (SSSR count). The molecule has 0 saturated carbocycles. The standard InChI is InChI=1S/C68H51BF6O5P2/c70-67(71,72)56-49-57(68(73,74)75)51-60(50-56)76-69(79-81(61-29-13-3-14-30-61,62-31-15-4-16-32-62,63-33-17-5-18-34-63)77-58-45-41-54(42-46-58)52-25-9-1-10-26-52)80-82(64-35-19-6-20-36-64,65-37-21-7-22-38-65,66-39-23-8-24-40-66)78-59-47-43-55(44-48-59)53-27-11-2-12-28-53/h1-51H. The van der Waals surface area contributed by atoms with Crippen LogP contribution in [0.25, 0.3) is 22.3 Å². The molecule has 0 amide bonds. The Balaban J connectivity index is 1.27. The first-order valence-electron chi connectivity index (χ1n) is 26.2. The molecule has 0 aliphatic heterocycles. The molecular weight excluding hydrogens is 1080 g/mol. The predicted molar refractivity (Wildman–Crippen MR) is 320 cm³/mol. The Morgan fingerprint density at radius 2 is 0.488 bits per heavy atom. The second-order valence-corrected chi connectivity index (χ2v) is 27.0. The van der Waals surface area contributed by atoms with Gasteiger partial charge in [0, 0.05) is 0 Å². The molecule has 11 aromatic rings. The first kappa shape index (κ1) is 55.2. The quantitative estimate of drug-likeness (QED) is 0.0487. The summed E-state index contributed by atoms with van der Waals surface area (Å²) in [5, 5.41) is 2.54. The van der Waals surface area contributed by atoms with E-state index in [0.717, 1.165) is 22.3 Å². The zero-order valence-electron chi connectivity index (χ0n) is 43.7. The minimum absolute atomic E-state index is 0.0455. The summed E-state index contributed by atoms with van der Waals surface area (Å²) in [4.78, 5) is 0. The van der Waals surface area contributed by atoms with Gasteiger partial charge in [0.1, 0.15) is 0 Å². The fourth-order valence-corrected chi connectivity index (χ4v) is 19.9. The fraction of sp³-hybridized carbons (Fsp3) is 0.0294. The second-order valence-electron chi connectivity index (χ2n) is 19.3. The maximum atomic E-state index is 15.1. The van der Waals surface area contributed by atoms with Crippen molar-refractivity contribution in [2.24, 2.45) is 0 Å². The van der Waals surface area contributed by atoms with Crippen LogP contribution >= 0.6 is 14.1 Å². The number of hydrogen-bond acceptors (Lipinski definition) is 5. The van der Waals surface area contributed by atoms with Gasteiger partial charge in [0.05, 0.1) is 0 Å². The molecular formula is C68H51BF6O5P2. The zero-order valence-corrected chi connectivity index (χ0v) is 45.5. The summed E-state index contributed by atoms with van der Waals surface area (Å²) in [6.07, 6.45) is -10.5. The topological polar surface area (TPSA) is 46.2 Å². The van der Waals surface area contributed by atoms with Crippen LogP contribution in [0.3, 0.4) is 0 Å². The van der Waals surface area contributed by atoms with E-state index >= 15 is 26.3 Å². The predicted octanol–water partition coefficient (Wildman–Crippen LogP) is 16.3. The van der Waals surface area contributed by atoms with Crippen LogP contribution in [-0.2, 0) is 21.2 Å². The molecule has 0 aromatic heterocycles. The van der Waals surface area contributed by atoms with Crippen molar-refractivity contribution in [3.05, 3.63) is 321 Å². The molecule has 0 bridgehead atoms. The first-order valence-corrected chi connectivity index (χ1v) is 30.3. The van der Waals surface area contributed by atoms with Crippen molar-refractivity contribution in [2.45, 2.75) is 12.4 Å². The average molecular weight is 1130 g/mol. The zero-order chi connectivity index (χ0) is 56.7. The molecule has 0 atom stereocenters. The van der Waals surface area contributed by atoms with Gasteiger partial charge < -0.3 is 0 Å². The Kier molecular flexibility index (Phi) is 15.2. The molecule has 0 spiro atoms. The summed E-state index contributed by atoms with van der Waals surface area (Å²) in [7, 11) is -13.4. The van der Waals surface area contributed by atoms with E-state index in [1.165, 1.54) is 0 Å². The first-order chi connectivity index (χ1) is 39.8. The summed E-state index contributed by atoms with van der Waals surface area (Å²) >= 11 is 0. The Labute approximate surface area is 472 Å². The van der Waals surface area contributed by atoms with Gasteiger partial charge in [-0.3, -0.25) is 0 Å². The van der Waals surface area contributed by atoms with Crippen molar-refractivity contribution in [3.63, 3.8) is 0 Å². The van der Waals surface area contributed by atoms with Gasteiger partial charge in [-0.05, 0) is 0 Å². The van der Waals surface area contributed by atoms with E-state index in [2.05, 4.69) is 0 Å². The average Bonchev–Trinajstić information content (AvgIpc) is 0.920. The summed E-state index contributed by atoms with van der Waals surface area (Å²) in [6, 6.07) is 89.6. The summed E-state index contributed by atoms with van der Waals surface area (Å²) < 4.78 is 129. The monoisotopic (exact) mass is 1130 g/mol. The van der Waals surface area contributed by atoms with Gasteiger partial charge in [0.25, 0.3) is 0 Å². The van der Waals surface area contributed by atoms with Crippen molar-refractivity contribution in [1.29, 1.82) is 0 Å². The molecule has 11 aromatic carbocycles. The summed E-state index contributed by atoms with van der Waals surface area (Å²) in [6.45, 7) is 0. The SMILES string of the molecule is FC(F)(F)c1cc(OB(OP(Oc2ccc(-c3ccccc3)cc2)(c2ccccc2)(c2ccccc2)c2ccccc2)OP(Oc2ccc(-c3ccccc3)cc2)(c2ccccc2)(c2ccccc2)c2ccccc2)cc(C(F)(F)F)c1. The third-order valence-corrected chi connectivity index (χ3v) is 23.9. The van der Waals surface area contributed by atoms with Gasteiger partial charge in [0.2, 0.25) is 0 Å².